The van der Waals surface area contributed by atoms with Crippen LogP contribution in [0.5, 0.6) is 5.88 Å². The Hall–Kier alpha value is -3.24. The maximum absolute atomic E-state index is 13.8. The Morgan fingerprint density at radius 1 is 1.14 bits per heavy atom. The molecule has 0 radical (unpaired) electrons. The Kier molecular flexibility index (Phi) is 5.99. The number of amides is 2. The lowest BCUT2D eigenvalue weighted by molar-refractivity contribution is 0.0607. The summed E-state index contributed by atoms with van der Waals surface area (Å²) in [6.07, 6.45) is 7.86. The molecular weight excluding hydrogens is 482 g/mol. The van der Waals surface area contributed by atoms with Crippen molar-refractivity contribution in [2.75, 3.05) is 13.1 Å². The quantitative estimate of drug-likeness (QED) is 0.388. The van der Waals surface area contributed by atoms with Crippen LogP contribution in [0.3, 0.4) is 0 Å². The number of rotatable bonds is 6. The molecule has 2 aliphatic rings. The molecule has 1 atom stereocenters. The van der Waals surface area contributed by atoms with Gasteiger partial charge >= 0.3 is 6.09 Å². The van der Waals surface area contributed by atoms with Crippen molar-refractivity contribution in [2.24, 2.45) is 0 Å². The van der Waals surface area contributed by atoms with Gasteiger partial charge in [0.25, 0.3) is 5.91 Å². The van der Waals surface area contributed by atoms with E-state index in [2.05, 4.69) is 10.3 Å². The summed E-state index contributed by atoms with van der Waals surface area (Å²) < 4.78 is 7.18. The molecule has 0 bridgehead atoms. The van der Waals surface area contributed by atoms with Gasteiger partial charge in [0.05, 0.1) is 16.1 Å². The fraction of sp³-hybridized carbons (Fsp3) is 0.360. The number of imidazole rings is 1. The fourth-order valence-electron chi connectivity index (χ4n) is 4.50. The van der Waals surface area contributed by atoms with E-state index in [1.165, 1.54) is 17.5 Å². The van der Waals surface area contributed by atoms with Crippen LogP contribution in [0.1, 0.15) is 53.5 Å². The molecule has 35 heavy (non-hydrogen) atoms. The summed E-state index contributed by atoms with van der Waals surface area (Å²) in [5.74, 6) is 0.802. The van der Waals surface area contributed by atoms with Gasteiger partial charge in [-0.1, -0.05) is 30.3 Å². The van der Waals surface area contributed by atoms with Crippen molar-refractivity contribution in [3.8, 4) is 16.3 Å². The number of thiazole rings is 2. The standard InChI is InChI=1S/C25H25N5O3S2/c31-23(20-21(16-6-2-1-3-7-16)35-22(28-20)17-9-10-17)29-11-5-4-8-18(29)14-27-25(32)33-19-15-26-24-30(19)12-13-34-24/h1-3,6-7,12-13,15,17-18H,4-5,8-11,14H2,(H,27,32)/t18-/m0/s1. The molecule has 1 saturated carbocycles. The molecule has 2 amide bonds. The van der Waals surface area contributed by atoms with E-state index in [1.807, 2.05) is 46.8 Å². The lowest BCUT2D eigenvalue weighted by Gasteiger charge is -2.35. The third-order valence-corrected chi connectivity index (χ3v) is 8.53. The minimum atomic E-state index is -0.550. The van der Waals surface area contributed by atoms with E-state index in [-0.39, 0.29) is 11.9 Å². The van der Waals surface area contributed by atoms with Crippen molar-refractivity contribution >= 4 is 39.6 Å². The van der Waals surface area contributed by atoms with Crippen LogP contribution in [-0.2, 0) is 0 Å². The van der Waals surface area contributed by atoms with E-state index in [1.54, 1.807) is 15.7 Å². The van der Waals surface area contributed by atoms with E-state index >= 15 is 0 Å². The second-order valence-corrected chi connectivity index (χ2v) is 10.8. The maximum Gasteiger partial charge on any atom is 0.414 e. The Bertz CT molecular complexity index is 1360. The summed E-state index contributed by atoms with van der Waals surface area (Å²) in [6.45, 7) is 0.985. The third-order valence-electron chi connectivity index (χ3n) is 6.49. The molecule has 6 rings (SSSR count). The number of carbonyl (C=O) groups is 2. The Balaban J connectivity index is 1.18. The third kappa shape index (κ3) is 4.55. The topological polar surface area (TPSA) is 88.8 Å². The van der Waals surface area contributed by atoms with Gasteiger partial charge in [0, 0.05) is 36.6 Å². The molecule has 2 fully saturated rings. The van der Waals surface area contributed by atoms with Gasteiger partial charge in [-0.15, -0.1) is 22.7 Å². The summed E-state index contributed by atoms with van der Waals surface area (Å²) >= 11 is 3.11. The van der Waals surface area contributed by atoms with Crippen LogP contribution in [0.2, 0.25) is 0 Å². The average molecular weight is 508 g/mol. The second-order valence-electron chi connectivity index (χ2n) is 8.94. The molecule has 3 aromatic heterocycles. The lowest BCUT2D eigenvalue weighted by Crippen LogP contribution is -2.50. The molecule has 10 heteroatoms. The number of nitrogens with zero attached hydrogens (tertiary/aromatic N) is 4. The van der Waals surface area contributed by atoms with Gasteiger partial charge in [0.15, 0.2) is 4.96 Å². The molecule has 4 aromatic rings. The summed E-state index contributed by atoms with van der Waals surface area (Å²) in [7, 11) is 0. The molecule has 1 aliphatic heterocycles. The summed E-state index contributed by atoms with van der Waals surface area (Å²) in [6, 6.07) is 9.92. The highest BCUT2D eigenvalue weighted by atomic mass is 32.1. The van der Waals surface area contributed by atoms with E-state index in [0.717, 1.165) is 52.5 Å². The number of nitrogens with one attached hydrogen (secondary N) is 1. The first-order valence-corrected chi connectivity index (χ1v) is 13.6. The normalized spacial score (nSPS) is 18.1. The average Bonchev–Trinajstić information content (AvgIpc) is 3.29. The lowest BCUT2D eigenvalue weighted by atomic mass is 10.0. The van der Waals surface area contributed by atoms with E-state index in [9.17, 15) is 9.59 Å². The zero-order chi connectivity index (χ0) is 23.8. The van der Waals surface area contributed by atoms with Crippen molar-refractivity contribution in [1.82, 2.24) is 24.6 Å². The van der Waals surface area contributed by atoms with Gasteiger partial charge in [0.2, 0.25) is 5.88 Å². The van der Waals surface area contributed by atoms with Crippen molar-refractivity contribution in [2.45, 2.75) is 44.1 Å². The Labute approximate surface area is 210 Å². The first-order chi connectivity index (χ1) is 17.2. The number of carbonyl (C=O) groups excluding carboxylic acids is 2. The summed E-state index contributed by atoms with van der Waals surface area (Å²) in [5.41, 5.74) is 1.56. The number of hydrogen-bond donors (Lipinski definition) is 1. The number of hydrogen-bond acceptors (Lipinski definition) is 7. The number of piperidine rings is 1. The molecule has 8 nitrogen and oxygen atoms in total. The smallest absolute Gasteiger partial charge is 0.391 e. The minimum absolute atomic E-state index is 0.0531. The van der Waals surface area contributed by atoms with Crippen LogP contribution in [0, 0.1) is 0 Å². The largest absolute Gasteiger partial charge is 0.414 e. The molecule has 1 saturated heterocycles. The van der Waals surface area contributed by atoms with Crippen molar-refractivity contribution < 1.29 is 14.3 Å². The van der Waals surface area contributed by atoms with Crippen molar-refractivity contribution in [3.05, 3.63) is 58.8 Å². The molecule has 0 spiro atoms. The van der Waals surface area contributed by atoms with Gasteiger partial charge in [-0.2, -0.15) is 0 Å². The number of fused-ring (bicyclic) bond motifs is 1. The zero-order valence-electron chi connectivity index (χ0n) is 19.1. The van der Waals surface area contributed by atoms with Crippen LogP contribution < -0.4 is 10.1 Å². The Morgan fingerprint density at radius 3 is 2.83 bits per heavy atom. The van der Waals surface area contributed by atoms with Gasteiger partial charge in [-0.25, -0.2) is 14.8 Å². The molecule has 1 aliphatic carbocycles. The number of likely N-dealkylation sites (tertiary alicyclic amines) is 1. The molecular formula is C25H25N5O3S2. The highest BCUT2D eigenvalue weighted by Gasteiger charge is 2.34. The van der Waals surface area contributed by atoms with E-state index in [0.29, 0.717) is 30.6 Å². The highest BCUT2D eigenvalue weighted by molar-refractivity contribution is 7.15. The SMILES string of the molecule is O=C(NC[C@@H]1CCCCN1C(=O)c1nc(C2CC2)sc1-c1ccccc1)Oc1cnc2sccn12. The van der Waals surface area contributed by atoms with Crippen LogP contribution in [0.25, 0.3) is 15.4 Å². The minimum Gasteiger partial charge on any atom is -0.391 e. The van der Waals surface area contributed by atoms with E-state index in [4.69, 9.17) is 9.72 Å². The van der Waals surface area contributed by atoms with Crippen LogP contribution in [0.4, 0.5) is 4.79 Å². The maximum atomic E-state index is 13.8. The molecule has 180 valence electrons. The zero-order valence-corrected chi connectivity index (χ0v) is 20.7. The van der Waals surface area contributed by atoms with Gasteiger partial charge < -0.3 is 15.0 Å². The fourth-order valence-corrected chi connectivity index (χ4v) is 6.42. The second kappa shape index (κ2) is 9.43. The summed E-state index contributed by atoms with van der Waals surface area (Å²) in [4.78, 5) is 38.9. The highest BCUT2D eigenvalue weighted by Crippen LogP contribution is 2.45. The monoisotopic (exact) mass is 507 g/mol. The number of ether oxygens (including phenoxy) is 1. The van der Waals surface area contributed by atoms with Gasteiger partial charge in [0.1, 0.15) is 5.69 Å². The van der Waals surface area contributed by atoms with Crippen LogP contribution >= 0.6 is 22.7 Å². The Morgan fingerprint density at radius 2 is 2.00 bits per heavy atom. The number of aromatic nitrogens is 3. The molecule has 1 N–H and O–H groups in total. The van der Waals surface area contributed by atoms with Crippen molar-refractivity contribution in [1.29, 1.82) is 0 Å². The van der Waals surface area contributed by atoms with Crippen molar-refractivity contribution in [3.63, 3.8) is 0 Å². The van der Waals surface area contributed by atoms with Crippen LogP contribution in [0.15, 0.2) is 48.1 Å². The predicted molar refractivity (Wildman–Crippen MR) is 135 cm³/mol. The first-order valence-electron chi connectivity index (χ1n) is 11.9. The summed E-state index contributed by atoms with van der Waals surface area (Å²) in [5, 5.41) is 5.80. The number of benzene rings is 1. The van der Waals surface area contributed by atoms with Gasteiger partial charge in [-0.05, 0) is 37.7 Å². The molecule has 1 aromatic carbocycles. The predicted octanol–water partition coefficient (Wildman–Crippen LogP) is 5.18. The molecule has 0 unspecified atom stereocenters. The van der Waals surface area contributed by atoms with Crippen LogP contribution in [-0.4, -0.2) is 50.4 Å². The molecule has 4 heterocycles. The van der Waals surface area contributed by atoms with E-state index < -0.39 is 6.09 Å². The van der Waals surface area contributed by atoms with Gasteiger partial charge in [-0.3, -0.25) is 9.20 Å². The first kappa shape index (κ1) is 22.2.